The van der Waals surface area contributed by atoms with Gasteiger partial charge in [0.15, 0.2) is 0 Å². The Hall–Kier alpha value is -0.180. The lowest BCUT2D eigenvalue weighted by Crippen LogP contribution is -2.03. The summed E-state index contributed by atoms with van der Waals surface area (Å²) in [5.74, 6) is 0.553. The molecule has 3 heteroatoms. The first kappa shape index (κ1) is 16.8. The van der Waals surface area contributed by atoms with Gasteiger partial charge in [0, 0.05) is 0 Å². The molecule has 0 unspecified atom stereocenters. The van der Waals surface area contributed by atoms with E-state index in [1.807, 2.05) is 0 Å². The van der Waals surface area contributed by atoms with Gasteiger partial charge in [-0.2, -0.15) is 11.8 Å². The highest BCUT2D eigenvalue weighted by Crippen LogP contribution is 2.22. The monoisotopic (exact) mass is 260 g/mol. The summed E-state index contributed by atoms with van der Waals surface area (Å²) >= 11 is 1.53. The van der Waals surface area contributed by atoms with Gasteiger partial charge in [0.05, 0.1) is 5.75 Å². The third kappa shape index (κ3) is 15.8. The third-order valence-corrected chi connectivity index (χ3v) is 3.72. The minimum atomic E-state index is -0.697. The molecule has 17 heavy (non-hydrogen) atoms. The Bertz CT molecular complexity index is 197. The predicted molar refractivity (Wildman–Crippen MR) is 76.7 cm³/mol. The zero-order valence-corrected chi connectivity index (χ0v) is 12.4. The van der Waals surface area contributed by atoms with E-state index in [-0.39, 0.29) is 5.75 Å². The van der Waals surface area contributed by atoms with Crippen LogP contribution in [0.4, 0.5) is 0 Å². The predicted octanol–water partition coefficient (Wildman–Crippen LogP) is 4.58. The van der Waals surface area contributed by atoms with Crippen molar-refractivity contribution in [1.29, 1.82) is 0 Å². The fourth-order valence-electron chi connectivity index (χ4n) is 1.73. The molecule has 2 nitrogen and oxygen atoms in total. The maximum atomic E-state index is 10.3. The molecule has 0 amide bonds. The van der Waals surface area contributed by atoms with Gasteiger partial charge in [-0.25, -0.2) is 0 Å². The van der Waals surface area contributed by atoms with Gasteiger partial charge in [0.2, 0.25) is 0 Å². The van der Waals surface area contributed by atoms with Crippen molar-refractivity contribution in [3.05, 3.63) is 0 Å². The number of unbranched alkanes of at least 4 members (excludes halogenated alkanes) is 5. The van der Waals surface area contributed by atoms with Crippen molar-refractivity contribution in [2.24, 2.45) is 5.41 Å². The van der Waals surface area contributed by atoms with E-state index in [0.29, 0.717) is 5.41 Å². The molecule has 1 N–H and O–H groups in total. The number of hydrogen-bond donors (Lipinski definition) is 1. The topological polar surface area (TPSA) is 37.3 Å². The molecular weight excluding hydrogens is 232 g/mol. The fraction of sp³-hybridized carbons (Fsp3) is 0.929. The number of carbonyl (C=O) groups is 1. The average molecular weight is 260 g/mol. The molecule has 0 aliphatic rings. The highest BCUT2D eigenvalue weighted by molar-refractivity contribution is 7.99. The molecule has 0 radical (unpaired) electrons. The summed E-state index contributed by atoms with van der Waals surface area (Å²) < 4.78 is 0. The highest BCUT2D eigenvalue weighted by Gasteiger charge is 2.08. The Balaban J connectivity index is 3.06. The van der Waals surface area contributed by atoms with Crippen molar-refractivity contribution in [3.8, 4) is 0 Å². The largest absolute Gasteiger partial charge is 0.481 e. The summed E-state index contributed by atoms with van der Waals surface area (Å²) in [6.07, 6.45) is 9.06. The third-order valence-electron chi connectivity index (χ3n) is 2.69. The van der Waals surface area contributed by atoms with Gasteiger partial charge in [-0.1, -0.05) is 52.9 Å². The molecule has 0 aromatic heterocycles. The number of aliphatic carboxylic acids is 1. The zero-order valence-electron chi connectivity index (χ0n) is 11.6. The summed E-state index contributed by atoms with van der Waals surface area (Å²) in [7, 11) is 0. The zero-order chi connectivity index (χ0) is 13.1. The molecule has 0 atom stereocenters. The summed E-state index contributed by atoms with van der Waals surface area (Å²) in [5.41, 5.74) is 0.480. The van der Waals surface area contributed by atoms with E-state index in [9.17, 15) is 4.79 Å². The second-order valence-electron chi connectivity index (χ2n) is 5.88. The van der Waals surface area contributed by atoms with Crippen LogP contribution in [-0.2, 0) is 4.79 Å². The minimum Gasteiger partial charge on any atom is -0.481 e. The molecule has 0 bridgehead atoms. The van der Waals surface area contributed by atoms with Crippen LogP contribution in [0, 0.1) is 5.41 Å². The first-order chi connectivity index (χ1) is 7.92. The van der Waals surface area contributed by atoms with Gasteiger partial charge in [0.25, 0.3) is 0 Å². The quantitative estimate of drug-likeness (QED) is 0.584. The van der Waals surface area contributed by atoms with Crippen molar-refractivity contribution in [2.45, 2.75) is 65.7 Å². The Morgan fingerprint density at radius 1 is 1.00 bits per heavy atom. The van der Waals surface area contributed by atoms with Crippen molar-refractivity contribution in [1.82, 2.24) is 0 Å². The van der Waals surface area contributed by atoms with Crippen molar-refractivity contribution >= 4 is 17.7 Å². The maximum absolute atomic E-state index is 10.3. The molecule has 0 rings (SSSR count). The number of carboxylic acids is 1. The highest BCUT2D eigenvalue weighted by atomic mass is 32.2. The Labute approximate surface area is 111 Å². The van der Waals surface area contributed by atoms with E-state index < -0.39 is 5.97 Å². The molecule has 0 saturated heterocycles. The van der Waals surface area contributed by atoms with E-state index in [4.69, 9.17) is 5.11 Å². The van der Waals surface area contributed by atoms with Crippen LogP contribution in [0.5, 0.6) is 0 Å². The minimum absolute atomic E-state index is 0.256. The second kappa shape index (κ2) is 9.81. The lowest BCUT2D eigenvalue weighted by atomic mass is 9.89. The standard InChI is InChI=1S/C14H28O2S/c1-14(2,3)10-8-6-4-5-7-9-11-17-12-13(15)16/h4-12H2,1-3H3,(H,15,16). The van der Waals surface area contributed by atoms with Crippen LogP contribution in [0.3, 0.4) is 0 Å². The van der Waals surface area contributed by atoms with Crippen LogP contribution < -0.4 is 0 Å². The summed E-state index contributed by atoms with van der Waals surface area (Å²) in [6, 6.07) is 0. The van der Waals surface area contributed by atoms with Gasteiger partial charge in [0.1, 0.15) is 0 Å². The van der Waals surface area contributed by atoms with E-state index in [1.165, 1.54) is 50.3 Å². The molecule has 0 fully saturated rings. The first-order valence-corrected chi connectivity index (χ1v) is 7.87. The van der Waals surface area contributed by atoms with E-state index in [0.717, 1.165) is 12.2 Å². The van der Waals surface area contributed by atoms with Gasteiger partial charge in [-0.3, -0.25) is 4.79 Å². The van der Waals surface area contributed by atoms with E-state index >= 15 is 0 Å². The van der Waals surface area contributed by atoms with Crippen molar-refractivity contribution in [2.75, 3.05) is 11.5 Å². The number of thioether (sulfide) groups is 1. The Morgan fingerprint density at radius 3 is 2.06 bits per heavy atom. The fourth-order valence-corrected chi connectivity index (χ4v) is 2.45. The average Bonchev–Trinajstić information content (AvgIpc) is 2.18. The number of rotatable bonds is 10. The molecule has 0 aliphatic carbocycles. The smallest absolute Gasteiger partial charge is 0.313 e. The molecule has 0 heterocycles. The maximum Gasteiger partial charge on any atom is 0.313 e. The number of carboxylic acid groups (broad SMARTS) is 1. The molecule has 0 saturated carbocycles. The Kier molecular flexibility index (Phi) is 9.71. The summed E-state index contributed by atoms with van der Waals surface area (Å²) in [6.45, 7) is 6.89. The van der Waals surface area contributed by atoms with Crippen LogP contribution in [0.2, 0.25) is 0 Å². The molecule has 0 aromatic rings. The Morgan fingerprint density at radius 2 is 1.53 bits per heavy atom. The summed E-state index contributed by atoms with van der Waals surface area (Å²) in [5, 5.41) is 8.46. The van der Waals surface area contributed by atoms with E-state index in [2.05, 4.69) is 20.8 Å². The van der Waals surface area contributed by atoms with Gasteiger partial charge in [-0.05, 0) is 24.0 Å². The van der Waals surface area contributed by atoms with Crippen LogP contribution in [0.15, 0.2) is 0 Å². The molecular formula is C14H28O2S. The van der Waals surface area contributed by atoms with Crippen LogP contribution >= 0.6 is 11.8 Å². The summed E-state index contributed by atoms with van der Waals surface area (Å²) in [4.78, 5) is 10.3. The van der Waals surface area contributed by atoms with Gasteiger partial charge < -0.3 is 5.11 Å². The lowest BCUT2D eigenvalue weighted by Gasteiger charge is -2.17. The van der Waals surface area contributed by atoms with Crippen molar-refractivity contribution < 1.29 is 9.90 Å². The van der Waals surface area contributed by atoms with Gasteiger partial charge in [-0.15, -0.1) is 0 Å². The molecule has 0 spiro atoms. The van der Waals surface area contributed by atoms with Crippen molar-refractivity contribution in [3.63, 3.8) is 0 Å². The van der Waals surface area contributed by atoms with Gasteiger partial charge >= 0.3 is 5.97 Å². The van der Waals surface area contributed by atoms with Crippen LogP contribution in [0.1, 0.15) is 65.7 Å². The molecule has 0 aromatic carbocycles. The van der Waals surface area contributed by atoms with Crippen LogP contribution in [-0.4, -0.2) is 22.6 Å². The van der Waals surface area contributed by atoms with Crippen LogP contribution in [0.25, 0.3) is 0 Å². The second-order valence-corrected chi connectivity index (χ2v) is 6.98. The molecule has 102 valence electrons. The van der Waals surface area contributed by atoms with E-state index in [1.54, 1.807) is 0 Å². The molecule has 0 aliphatic heterocycles. The SMILES string of the molecule is CC(C)(C)CCCCCCCCSCC(=O)O. The normalized spacial score (nSPS) is 11.7. The number of hydrogen-bond acceptors (Lipinski definition) is 2. The first-order valence-electron chi connectivity index (χ1n) is 6.71. The lowest BCUT2D eigenvalue weighted by molar-refractivity contribution is -0.133.